The van der Waals surface area contributed by atoms with Crippen LogP contribution >= 0.6 is 22.6 Å². The lowest BCUT2D eigenvalue weighted by Crippen LogP contribution is -2.05. The highest BCUT2D eigenvalue weighted by molar-refractivity contribution is 14.1. The van der Waals surface area contributed by atoms with Gasteiger partial charge in [-0.1, -0.05) is 0 Å². The summed E-state index contributed by atoms with van der Waals surface area (Å²) in [6, 6.07) is 6.11. The van der Waals surface area contributed by atoms with Gasteiger partial charge in [-0.2, -0.15) is 10.4 Å². The molecule has 104 valence electrons. The van der Waals surface area contributed by atoms with E-state index in [4.69, 9.17) is 0 Å². The summed E-state index contributed by atoms with van der Waals surface area (Å²) >= 11 is 2.05. The Morgan fingerprint density at radius 1 is 1.48 bits per heavy atom. The molecule has 2 heterocycles. The van der Waals surface area contributed by atoms with Crippen LogP contribution in [-0.2, 0) is 7.05 Å². The monoisotopic (exact) mass is 394 g/mol. The van der Waals surface area contributed by atoms with Gasteiger partial charge in [-0.25, -0.2) is 4.39 Å². The first-order valence-corrected chi connectivity index (χ1v) is 7.04. The molecular weight excluding hydrogens is 386 g/mol. The van der Waals surface area contributed by atoms with Crippen molar-refractivity contribution >= 4 is 33.5 Å². The third-order valence-electron chi connectivity index (χ3n) is 3.22. The third-order valence-corrected chi connectivity index (χ3v) is 4.01. The van der Waals surface area contributed by atoms with Crippen LogP contribution in [0.5, 0.6) is 0 Å². The zero-order valence-electron chi connectivity index (χ0n) is 10.8. The SMILES string of the molecule is Cn1ncc(I)c1-c1c(F)cc2[nH]c(=O)ccc2c1C#N. The Balaban J connectivity index is 2.50. The van der Waals surface area contributed by atoms with Crippen molar-refractivity contribution in [3.8, 4) is 17.3 Å². The lowest BCUT2D eigenvalue weighted by molar-refractivity contribution is 0.629. The number of H-pyrrole nitrogens is 1. The van der Waals surface area contributed by atoms with Crippen LogP contribution in [0.15, 0.2) is 29.2 Å². The second kappa shape index (κ2) is 4.96. The van der Waals surface area contributed by atoms with Crippen LogP contribution in [0, 0.1) is 20.7 Å². The van der Waals surface area contributed by atoms with E-state index in [0.717, 1.165) is 3.57 Å². The predicted octanol–water partition coefficient (Wildman–Crippen LogP) is 2.54. The smallest absolute Gasteiger partial charge is 0.248 e. The molecule has 0 saturated carbocycles. The van der Waals surface area contributed by atoms with E-state index in [1.807, 2.05) is 28.7 Å². The Morgan fingerprint density at radius 2 is 2.24 bits per heavy atom. The van der Waals surface area contributed by atoms with Gasteiger partial charge in [0.05, 0.1) is 32.1 Å². The molecule has 1 N–H and O–H groups in total. The van der Waals surface area contributed by atoms with Crippen molar-refractivity contribution < 1.29 is 4.39 Å². The van der Waals surface area contributed by atoms with Crippen molar-refractivity contribution in [3.63, 3.8) is 0 Å². The molecule has 3 rings (SSSR count). The van der Waals surface area contributed by atoms with Crippen LogP contribution in [0.1, 0.15) is 5.56 Å². The van der Waals surface area contributed by atoms with E-state index in [1.54, 1.807) is 13.2 Å². The fourth-order valence-electron chi connectivity index (χ4n) is 2.31. The predicted molar refractivity (Wildman–Crippen MR) is 84.2 cm³/mol. The van der Waals surface area contributed by atoms with Gasteiger partial charge in [-0.05, 0) is 34.7 Å². The minimum Gasteiger partial charge on any atom is -0.322 e. The topological polar surface area (TPSA) is 74.5 Å². The van der Waals surface area contributed by atoms with Gasteiger partial charge in [-0.3, -0.25) is 9.48 Å². The van der Waals surface area contributed by atoms with Gasteiger partial charge >= 0.3 is 0 Å². The van der Waals surface area contributed by atoms with E-state index in [9.17, 15) is 14.4 Å². The highest BCUT2D eigenvalue weighted by Gasteiger charge is 2.20. The summed E-state index contributed by atoms with van der Waals surface area (Å²) in [5.74, 6) is -0.567. The maximum absolute atomic E-state index is 14.5. The van der Waals surface area contributed by atoms with Crippen molar-refractivity contribution in [3.05, 3.63) is 49.7 Å². The first kappa shape index (κ1) is 13.8. The zero-order valence-corrected chi connectivity index (χ0v) is 13.0. The van der Waals surface area contributed by atoms with Gasteiger partial charge in [-0.15, -0.1) is 0 Å². The van der Waals surface area contributed by atoms with Gasteiger partial charge in [0.2, 0.25) is 5.56 Å². The van der Waals surface area contributed by atoms with E-state index in [2.05, 4.69) is 10.1 Å². The summed E-state index contributed by atoms with van der Waals surface area (Å²) in [7, 11) is 1.69. The molecule has 2 aromatic heterocycles. The van der Waals surface area contributed by atoms with Crippen LogP contribution in [0.3, 0.4) is 0 Å². The molecule has 0 unspecified atom stereocenters. The normalized spacial score (nSPS) is 10.8. The lowest BCUT2D eigenvalue weighted by atomic mass is 9.99. The zero-order chi connectivity index (χ0) is 15.1. The standard InChI is InChI=1S/C14H8FIN4O/c1-20-14(10(16)6-18-20)13-8(5-17)7-2-3-12(21)19-11(7)4-9(13)15/h2-4,6H,1H3,(H,19,21). The second-order valence-electron chi connectivity index (χ2n) is 4.47. The first-order chi connectivity index (χ1) is 10.0. The number of aromatic nitrogens is 3. The Hall–Kier alpha value is -2.21. The number of nitrogens with zero attached hydrogens (tertiary/aromatic N) is 3. The van der Waals surface area contributed by atoms with Gasteiger partial charge < -0.3 is 4.98 Å². The summed E-state index contributed by atoms with van der Waals surface area (Å²) in [4.78, 5) is 13.9. The van der Waals surface area contributed by atoms with E-state index in [0.29, 0.717) is 16.6 Å². The number of rotatable bonds is 1. The minimum absolute atomic E-state index is 0.183. The molecule has 0 atom stereocenters. The lowest BCUT2D eigenvalue weighted by Gasteiger charge is -2.10. The van der Waals surface area contributed by atoms with E-state index >= 15 is 0 Å². The van der Waals surface area contributed by atoms with Gasteiger partial charge in [0.1, 0.15) is 11.9 Å². The minimum atomic E-state index is -0.567. The fourth-order valence-corrected chi connectivity index (χ4v) is 3.06. The van der Waals surface area contributed by atoms with Crippen molar-refractivity contribution in [2.45, 2.75) is 0 Å². The highest BCUT2D eigenvalue weighted by atomic mass is 127. The van der Waals surface area contributed by atoms with Gasteiger partial charge in [0.25, 0.3) is 0 Å². The van der Waals surface area contributed by atoms with Gasteiger partial charge in [0.15, 0.2) is 0 Å². The van der Waals surface area contributed by atoms with E-state index < -0.39 is 5.82 Å². The molecule has 21 heavy (non-hydrogen) atoms. The number of nitriles is 1. The largest absolute Gasteiger partial charge is 0.322 e. The Bertz CT molecular complexity index is 948. The highest BCUT2D eigenvalue weighted by Crippen LogP contribution is 2.33. The van der Waals surface area contributed by atoms with Crippen LogP contribution in [-0.4, -0.2) is 14.8 Å². The van der Waals surface area contributed by atoms with Crippen LogP contribution in [0.25, 0.3) is 22.2 Å². The number of hydrogen-bond acceptors (Lipinski definition) is 3. The van der Waals surface area contributed by atoms with Crippen LogP contribution < -0.4 is 5.56 Å². The molecule has 3 aromatic rings. The maximum Gasteiger partial charge on any atom is 0.248 e. The average Bonchev–Trinajstić information content (AvgIpc) is 2.76. The number of benzene rings is 1. The molecule has 5 nitrogen and oxygen atoms in total. The molecule has 0 fully saturated rings. The summed E-state index contributed by atoms with van der Waals surface area (Å²) in [5, 5.41) is 14.0. The Labute approximate surface area is 132 Å². The molecule has 0 aliphatic carbocycles. The maximum atomic E-state index is 14.5. The van der Waals surface area contributed by atoms with E-state index in [-0.39, 0.29) is 16.7 Å². The number of aromatic amines is 1. The van der Waals surface area contributed by atoms with Crippen molar-refractivity contribution in [1.29, 1.82) is 5.26 Å². The Morgan fingerprint density at radius 3 is 2.86 bits per heavy atom. The summed E-state index contributed by atoms with van der Waals surface area (Å²) in [5.41, 5.74) is 0.882. The Kier molecular flexibility index (Phi) is 3.25. The van der Waals surface area contributed by atoms with Crippen molar-refractivity contribution in [2.24, 2.45) is 7.05 Å². The van der Waals surface area contributed by atoms with Crippen molar-refractivity contribution in [2.75, 3.05) is 0 Å². The molecule has 0 aliphatic rings. The van der Waals surface area contributed by atoms with Crippen LogP contribution in [0.2, 0.25) is 0 Å². The molecule has 1 aromatic carbocycles. The molecule has 0 bridgehead atoms. The molecule has 0 saturated heterocycles. The number of hydrogen-bond donors (Lipinski definition) is 1. The average molecular weight is 394 g/mol. The second-order valence-corrected chi connectivity index (χ2v) is 5.63. The quantitative estimate of drug-likeness (QED) is 0.645. The molecule has 0 amide bonds. The number of halogens is 2. The molecule has 0 radical (unpaired) electrons. The molecular formula is C14H8FIN4O. The first-order valence-electron chi connectivity index (χ1n) is 5.96. The molecule has 7 heteroatoms. The summed E-state index contributed by atoms with van der Waals surface area (Å²) < 4.78 is 16.8. The molecule has 0 aliphatic heterocycles. The van der Waals surface area contributed by atoms with Crippen molar-refractivity contribution in [1.82, 2.24) is 14.8 Å². The number of fused-ring (bicyclic) bond motifs is 1. The third kappa shape index (κ3) is 2.12. The van der Waals surface area contributed by atoms with E-state index in [1.165, 1.54) is 22.9 Å². The molecule has 0 spiro atoms. The van der Waals surface area contributed by atoms with Crippen LogP contribution in [0.4, 0.5) is 4.39 Å². The number of pyridine rings is 1. The summed E-state index contributed by atoms with van der Waals surface area (Å²) in [6.07, 6.45) is 1.60. The number of aryl methyl sites for hydroxylation is 1. The fraction of sp³-hybridized carbons (Fsp3) is 0.0714. The summed E-state index contributed by atoms with van der Waals surface area (Å²) in [6.45, 7) is 0. The number of nitrogens with one attached hydrogen (secondary N) is 1. The van der Waals surface area contributed by atoms with Gasteiger partial charge in [0, 0.05) is 18.5 Å².